The molecule has 0 bridgehead atoms. The highest BCUT2D eigenvalue weighted by Crippen LogP contribution is 2.26. The van der Waals surface area contributed by atoms with E-state index in [0.717, 1.165) is 18.0 Å². The molecule has 1 N–H and O–H groups in total. The standard InChI is InChI=1S/C21H19F2N5O/c22-16-6-7-18(17(23)12-16)24-21-25-19(15-4-2-1-3-5-15)13-20(26-21)28-10-8-27(14-29)9-11-28/h1-7,12-14H,8-11H2,(H,24,25,26). The van der Waals surface area contributed by atoms with Gasteiger partial charge in [0.25, 0.3) is 0 Å². The van der Waals surface area contributed by atoms with Crippen molar-refractivity contribution in [2.75, 3.05) is 36.4 Å². The van der Waals surface area contributed by atoms with Crippen LogP contribution in [-0.2, 0) is 4.79 Å². The maximum Gasteiger partial charge on any atom is 0.229 e. The van der Waals surface area contributed by atoms with E-state index in [1.54, 1.807) is 4.90 Å². The molecule has 2 heterocycles. The number of benzene rings is 2. The molecule has 0 saturated carbocycles. The molecule has 0 unspecified atom stereocenters. The molecule has 0 radical (unpaired) electrons. The highest BCUT2D eigenvalue weighted by atomic mass is 19.1. The smallest absolute Gasteiger partial charge is 0.229 e. The predicted molar refractivity (Wildman–Crippen MR) is 107 cm³/mol. The van der Waals surface area contributed by atoms with Gasteiger partial charge in [-0.2, -0.15) is 4.98 Å². The minimum Gasteiger partial charge on any atom is -0.353 e. The van der Waals surface area contributed by atoms with E-state index >= 15 is 0 Å². The molecular formula is C21H19F2N5O. The summed E-state index contributed by atoms with van der Waals surface area (Å²) >= 11 is 0. The van der Waals surface area contributed by atoms with Crippen molar-refractivity contribution < 1.29 is 13.6 Å². The number of rotatable bonds is 5. The number of carbonyl (C=O) groups excluding carboxylic acids is 1. The van der Waals surface area contributed by atoms with E-state index in [-0.39, 0.29) is 11.6 Å². The first-order valence-electron chi connectivity index (χ1n) is 9.23. The molecule has 6 nitrogen and oxygen atoms in total. The van der Waals surface area contributed by atoms with Gasteiger partial charge in [0, 0.05) is 43.9 Å². The van der Waals surface area contributed by atoms with Gasteiger partial charge in [-0.15, -0.1) is 0 Å². The maximum atomic E-state index is 14.1. The first-order valence-corrected chi connectivity index (χ1v) is 9.23. The highest BCUT2D eigenvalue weighted by Gasteiger charge is 2.19. The van der Waals surface area contributed by atoms with Crippen molar-refractivity contribution in [3.63, 3.8) is 0 Å². The Balaban J connectivity index is 1.69. The topological polar surface area (TPSA) is 61.4 Å². The zero-order valence-electron chi connectivity index (χ0n) is 15.6. The minimum absolute atomic E-state index is 0.0911. The van der Waals surface area contributed by atoms with E-state index in [1.165, 1.54) is 12.1 Å². The third-order valence-electron chi connectivity index (χ3n) is 4.75. The van der Waals surface area contributed by atoms with Crippen molar-refractivity contribution in [2.45, 2.75) is 0 Å². The average molecular weight is 395 g/mol. The summed E-state index contributed by atoms with van der Waals surface area (Å²) in [5.41, 5.74) is 1.66. The van der Waals surface area contributed by atoms with Crippen LogP contribution in [0.15, 0.2) is 54.6 Å². The van der Waals surface area contributed by atoms with Gasteiger partial charge in [-0.25, -0.2) is 13.8 Å². The molecule has 0 atom stereocenters. The summed E-state index contributed by atoms with van der Waals surface area (Å²) in [5, 5.41) is 2.85. The number of nitrogens with one attached hydrogen (secondary N) is 1. The summed E-state index contributed by atoms with van der Waals surface area (Å²) in [7, 11) is 0. The zero-order chi connectivity index (χ0) is 20.2. The fourth-order valence-electron chi connectivity index (χ4n) is 3.18. The second-order valence-corrected chi connectivity index (χ2v) is 6.68. The van der Waals surface area contributed by atoms with Crippen LogP contribution in [0.2, 0.25) is 0 Å². The SMILES string of the molecule is O=CN1CCN(c2cc(-c3ccccc3)nc(Nc3ccc(F)cc3F)n2)CC1. The van der Waals surface area contributed by atoms with Crippen molar-refractivity contribution in [1.29, 1.82) is 0 Å². The molecule has 1 saturated heterocycles. The van der Waals surface area contributed by atoms with Crippen LogP contribution in [-0.4, -0.2) is 47.5 Å². The third kappa shape index (κ3) is 4.31. The molecule has 1 aliphatic heterocycles. The molecule has 1 amide bonds. The fourth-order valence-corrected chi connectivity index (χ4v) is 3.18. The molecule has 0 aliphatic carbocycles. The van der Waals surface area contributed by atoms with Crippen LogP contribution in [0.25, 0.3) is 11.3 Å². The Labute approximate surface area is 166 Å². The van der Waals surface area contributed by atoms with Gasteiger partial charge in [-0.1, -0.05) is 30.3 Å². The number of nitrogens with zero attached hydrogens (tertiary/aromatic N) is 4. The number of piperazine rings is 1. The van der Waals surface area contributed by atoms with Gasteiger partial charge in [0.1, 0.15) is 17.5 Å². The summed E-state index contributed by atoms with van der Waals surface area (Å²) in [6, 6.07) is 14.8. The number of amides is 1. The molecule has 8 heteroatoms. The number of anilines is 3. The monoisotopic (exact) mass is 395 g/mol. The van der Waals surface area contributed by atoms with Crippen molar-refractivity contribution in [2.24, 2.45) is 0 Å². The lowest BCUT2D eigenvalue weighted by Crippen LogP contribution is -2.46. The lowest BCUT2D eigenvalue weighted by Gasteiger charge is -2.33. The quantitative estimate of drug-likeness (QED) is 0.671. The van der Waals surface area contributed by atoms with E-state index in [2.05, 4.69) is 20.2 Å². The van der Waals surface area contributed by atoms with Crippen LogP contribution < -0.4 is 10.2 Å². The predicted octanol–water partition coefficient (Wildman–Crippen LogP) is 3.44. The number of hydrogen-bond acceptors (Lipinski definition) is 5. The Bertz CT molecular complexity index is 1010. The van der Waals surface area contributed by atoms with Gasteiger partial charge < -0.3 is 15.1 Å². The van der Waals surface area contributed by atoms with Gasteiger partial charge in [0.15, 0.2) is 0 Å². The first kappa shape index (κ1) is 18.8. The van der Waals surface area contributed by atoms with Crippen molar-refractivity contribution in [3.05, 3.63) is 66.2 Å². The third-order valence-corrected chi connectivity index (χ3v) is 4.75. The highest BCUT2D eigenvalue weighted by molar-refractivity contribution is 5.67. The van der Waals surface area contributed by atoms with Gasteiger partial charge in [0.05, 0.1) is 11.4 Å². The Morgan fingerprint density at radius 1 is 0.931 bits per heavy atom. The second-order valence-electron chi connectivity index (χ2n) is 6.68. The van der Waals surface area contributed by atoms with E-state index in [9.17, 15) is 13.6 Å². The van der Waals surface area contributed by atoms with Crippen LogP contribution in [0.5, 0.6) is 0 Å². The molecule has 148 valence electrons. The molecule has 4 rings (SSSR count). The van der Waals surface area contributed by atoms with Crippen LogP contribution >= 0.6 is 0 Å². The Morgan fingerprint density at radius 2 is 1.69 bits per heavy atom. The van der Waals surface area contributed by atoms with E-state index in [4.69, 9.17) is 0 Å². The summed E-state index contributed by atoms with van der Waals surface area (Å²) in [6.07, 6.45) is 0.844. The first-order chi connectivity index (χ1) is 14.1. The zero-order valence-corrected chi connectivity index (χ0v) is 15.6. The van der Waals surface area contributed by atoms with Crippen molar-refractivity contribution in [3.8, 4) is 11.3 Å². The normalized spacial score (nSPS) is 14.0. The van der Waals surface area contributed by atoms with Crippen LogP contribution in [0, 0.1) is 11.6 Å². The fraction of sp³-hybridized carbons (Fsp3) is 0.190. The summed E-state index contributed by atoms with van der Waals surface area (Å²) in [5.74, 6) is -0.486. The summed E-state index contributed by atoms with van der Waals surface area (Å²) in [6.45, 7) is 2.47. The molecule has 1 aliphatic rings. The second kappa shape index (κ2) is 8.22. The van der Waals surface area contributed by atoms with Gasteiger partial charge in [-0.3, -0.25) is 4.79 Å². The minimum atomic E-state index is -0.722. The number of halogens is 2. The van der Waals surface area contributed by atoms with Crippen molar-refractivity contribution >= 4 is 23.9 Å². The largest absolute Gasteiger partial charge is 0.353 e. The molecule has 1 aromatic heterocycles. The lowest BCUT2D eigenvalue weighted by molar-refractivity contribution is -0.118. The maximum absolute atomic E-state index is 14.1. The Hall–Kier alpha value is -3.55. The molecule has 29 heavy (non-hydrogen) atoms. The number of hydrogen-bond donors (Lipinski definition) is 1. The summed E-state index contributed by atoms with van der Waals surface area (Å²) < 4.78 is 27.3. The Kier molecular flexibility index (Phi) is 5.33. The molecule has 1 fully saturated rings. The van der Waals surface area contributed by atoms with Crippen molar-refractivity contribution in [1.82, 2.24) is 14.9 Å². The summed E-state index contributed by atoms with van der Waals surface area (Å²) in [4.78, 5) is 23.8. The van der Waals surface area contributed by atoms with Gasteiger partial charge in [-0.05, 0) is 12.1 Å². The van der Waals surface area contributed by atoms with E-state index < -0.39 is 11.6 Å². The number of carbonyl (C=O) groups is 1. The van der Waals surface area contributed by atoms with Gasteiger partial charge in [0.2, 0.25) is 12.4 Å². The van der Waals surface area contributed by atoms with Crippen LogP contribution in [0.1, 0.15) is 0 Å². The average Bonchev–Trinajstić information content (AvgIpc) is 2.76. The lowest BCUT2D eigenvalue weighted by atomic mass is 10.1. The van der Waals surface area contributed by atoms with Crippen LogP contribution in [0.3, 0.4) is 0 Å². The van der Waals surface area contributed by atoms with E-state index in [0.29, 0.717) is 37.7 Å². The van der Waals surface area contributed by atoms with Gasteiger partial charge >= 0.3 is 0 Å². The molecule has 2 aromatic carbocycles. The molecular weight excluding hydrogens is 376 g/mol. The molecule has 0 spiro atoms. The Morgan fingerprint density at radius 3 is 2.38 bits per heavy atom. The van der Waals surface area contributed by atoms with Crippen LogP contribution in [0.4, 0.5) is 26.2 Å². The van der Waals surface area contributed by atoms with E-state index in [1.807, 2.05) is 36.4 Å². The molecule has 3 aromatic rings. The number of aromatic nitrogens is 2.